The number of benzene rings is 2. The summed E-state index contributed by atoms with van der Waals surface area (Å²) in [6.07, 6.45) is 0.846. The van der Waals surface area contributed by atoms with Gasteiger partial charge < -0.3 is 10.1 Å². The molecule has 0 saturated carbocycles. The van der Waals surface area contributed by atoms with E-state index in [0.717, 1.165) is 23.3 Å². The van der Waals surface area contributed by atoms with Gasteiger partial charge in [-0.05, 0) is 68.5 Å². The van der Waals surface area contributed by atoms with Gasteiger partial charge in [0.05, 0.1) is 6.04 Å². The smallest absolute Gasteiger partial charge is 0.258 e. The molecular formula is C21H27NO2. The SMILES string of the molecule is CC[C@@H](NC(=O)COc1cc(C)cc(C)c1)c1ccc(C)cc1C. The number of carbonyl (C=O) groups is 1. The third-order valence-electron chi connectivity index (χ3n) is 4.11. The van der Waals surface area contributed by atoms with Crippen molar-refractivity contribution in [2.24, 2.45) is 0 Å². The summed E-state index contributed by atoms with van der Waals surface area (Å²) in [5.41, 5.74) is 5.87. The van der Waals surface area contributed by atoms with Crippen molar-refractivity contribution >= 4 is 5.91 Å². The van der Waals surface area contributed by atoms with Crippen molar-refractivity contribution < 1.29 is 9.53 Å². The van der Waals surface area contributed by atoms with E-state index in [4.69, 9.17) is 4.74 Å². The lowest BCUT2D eigenvalue weighted by Gasteiger charge is -2.20. The van der Waals surface area contributed by atoms with Gasteiger partial charge in [-0.25, -0.2) is 0 Å². The summed E-state index contributed by atoms with van der Waals surface area (Å²) in [5, 5.41) is 3.08. The van der Waals surface area contributed by atoms with Gasteiger partial charge in [0.25, 0.3) is 5.91 Å². The van der Waals surface area contributed by atoms with Crippen molar-refractivity contribution in [3.8, 4) is 5.75 Å². The van der Waals surface area contributed by atoms with Crippen molar-refractivity contribution in [3.63, 3.8) is 0 Å². The largest absolute Gasteiger partial charge is 0.484 e. The number of hydrogen-bond acceptors (Lipinski definition) is 2. The number of nitrogens with one attached hydrogen (secondary N) is 1. The maximum atomic E-state index is 12.3. The maximum absolute atomic E-state index is 12.3. The molecule has 0 fully saturated rings. The molecule has 1 amide bonds. The average molecular weight is 325 g/mol. The number of amides is 1. The molecule has 128 valence electrons. The van der Waals surface area contributed by atoms with Crippen LogP contribution in [0.15, 0.2) is 36.4 Å². The number of carbonyl (C=O) groups excluding carboxylic acids is 1. The van der Waals surface area contributed by atoms with Crippen LogP contribution in [-0.4, -0.2) is 12.5 Å². The zero-order chi connectivity index (χ0) is 17.7. The molecule has 0 bridgehead atoms. The zero-order valence-electron chi connectivity index (χ0n) is 15.3. The Kier molecular flexibility index (Phi) is 6.02. The standard InChI is InChI=1S/C21H27NO2/c1-6-20(19-8-7-14(2)10-17(19)5)22-21(23)13-24-18-11-15(3)9-16(4)12-18/h7-12,20H,6,13H2,1-5H3,(H,22,23)/t20-/m1/s1. The second-order valence-electron chi connectivity index (χ2n) is 6.50. The van der Waals surface area contributed by atoms with Crippen molar-refractivity contribution in [2.45, 2.75) is 47.1 Å². The summed E-state index contributed by atoms with van der Waals surface area (Å²) in [6, 6.07) is 12.3. The molecule has 2 rings (SSSR count). The Morgan fingerprint density at radius 2 is 1.67 bits per heavy atom. The van der Waals surface area contributed by atoms with Crippen LogP contribution in [0.4, 0.5) is 0 Å². The molecule has 0 radical (unpaired) electrons. The molecule has 0 unspecified atom stereocenters. The number of hydrogen-bond donors (Lipinski definition) is 1. The van der Waals surface area contributed by atoms with Gasteiger partial charge in [-0.3, -0.25) is 4.79 Å². The van der Waals surface area contributed by atoms with E-state index in [1.165, 1.54) is 16.7 Å². The first-order chi connectivity index (χ1) is 11.4. The van der Waals surface area contributed by atoms with Gasteiger partial charge in [0.15, 0.2) is 6.61 Å². The molecule has 0 aliphatic heterocycles. The molecule has 1 atom stereocenters. The molecule has 0 aromatic heterocycles. The van der Waals surface area contributed by atoms with Gasteiger partial charge >= 0.3 is 0 Å². The van der Waals surface area contributed by atoms with Crippen LogP contribution in [0.1, 0.15) is 47.2 Å². The van der Waals surface area contributed by atoms with E-state index in [1.807, 2.05) is 26.0 Å². The minimum Gasteiger partial charge on any atom is -0.484 e. The summed E-state index contributed by atoms with van der Waals surface area (Å²) in [5.74, 6) is 0.642. The summed E-state index contributed by atoms with van der Waals surface area (Å²) in [7, 11) is 0. The number of ether oxygens (including phenoxy) is 1. The molecule has 0 spiro atoms. The van der Waals surface area contributed by atoms with Gasteiger partial charge in [0.1, 0.15) is 5.75 Å². The van der Waals surface area contributed by atoms with E-state index in [1.54, 1.807) is 0 Å². The zero-order valence-corrected chi connectivity index (χ0v) is 15.3. The average Bonchev–Trinajstić information content (AvgIpc) is 2.50. The maximum Gasteiger partial charge on any atom is 0.258 e. The fourth-order valence-electron chi connectivity index (χ4n) is 3.02. The molecule has 2 aromatic carbocycles. The molecule has 2 aromatic rings. The van der Waals surface area contributed by atoms with Crippen LogP contribution in [0, 0.1) is 27.7 Å². The van der Waals surface area contributed by atoms with Crippen molar-refractivity contribution in [1.29, 1.82) is 0 Å². The lowest BCUT2D eigenvalue weighted by molar-refractivity contribution is -0.123. The summed E-state index contributed by atoms with van der Waals surface area (Å²) in [4.78, 5) is 12.3. The van der Waals surface area contributed by atoms with E-state index in [0.29, 0.717) is 0 Å². The van der Waals surface area contributed by atoms with E-state index >= 15 is 0 Å². The molecule has 3 heteroatoms. The summed E-state index contributed by atoms with van der Waals surface area (Å²) >= 11 is 0. The third-order valence-corrected chi connectivity index (χ3v) is 4.11. The van der Waals surface area contributed by atoms with Crippen LogP contribution in [0.3, 0.4) is 0 Å². The molecule has 0 saturated heterocycles. The first-order valence-corrected chi connectivity index (χ1v) is 8.46. The van der Waals surface area contributed by atoms with Crippen molar-refractivity contribution in [3.05, 3.63) is 64.2 Å². The molecule has 24 heavy (non-hydrogen) atoms. The van der Waals surface area contributed by atoms with Crippen LogP contribution in [0.2, 0.25) is 0 Å². The van der Waals surface area contributed by atoms with E-state index in [-0.39, 0.29) is 18.6 Å². The Hall–Kier alpha value is -2.29. The van der Waals surface area contributed by atoms with Crippen LogP contribution < -0.4 is 10.1 Å². The first kappa shape index (κ1) is 18.1. The Bertz CT molecular complexity index is 702. The third kappa shape index (κ3) is 4.85. The van der Waals surface area contributed by atoms with Gasteiger partial charge in [-0.1, -0.05) is 36.8 Å². The van der Waals surface area contributed by atoms with Crippen molar-refractivity contribution in [2.75, 3.05) is 6.61 Å². The van der Waals surface area contributed by atoms with Gasteiger partial charge in [-0.15, -0.1) is 0 Å². The molecule has 0 aliphatic carbocycles. The lowest BCUT2D eigenvalue weighted by atomic mass is 9.97. The predicted octanol–water partition coefficient (Wildman–Crippen LogP) is 4.57. The topological polar surface area (TPSA) is 38.3 Å². The second kappa shape index (κ2) is 8.00. The monoisotopic (exact) mass is 325 g/mol. The highest BCUT2D eigenvalue weighted by Gasteiger charge is 2.15. The van der Waals surface area contributed by atoms with Crippen molar-refractivity contribution in [1.82, 2.24) is 5.32 Å². The molecule has 1 N–H and O–H groups in total. The number of aryl methyl sites for hydroxylation is 4. The fourth-order valence-corrected chi connectivity index (χ4v) is 3.02. The normalized spacial score (nSPS) is 11.9. The van der Waals surface area contributed by atoms with E-state index in [2.05, 4.69) is 50.4 Å². The van der Waals surface area contributed by atoms with Gasteiger partial charge in [-0.2, -0.15) is 0 Å². The number of rotatable bonds is 6. The fraction of sp³-hybridized carbons (Fsp3) is 0.381. The van der Waals surface area contributed by atoms with E-state index in [9.17, 15) is 4.79 Å². The molecule has 0 aliphatic rings. The minimum atomic E-state index is -0.0963. The molecule has 0 heterocycles. The Morgan fingerprint density at radius 1 is 1.00 bits per heavy atom. The van der Waals surface area contributed by atoms with Crippen LogP contribution in [0.5, 0.6) is 5.75 Å². The second-order valence-corrected chi connectivity index (χ2v) is 6.50. The Labute approximate surface area is 145 Å². The van der Waals surface area contributed by atoms with Crippen LogP contribution in [0.25, 0.3) is 0 Å². The quantitative estimate of drug-likeness (QED) is 0.845. The summed E-state index contributed by atoms with van der Waals surface area (Å²) < 4.78 is 5.65. The Balaban J connectivity index is 1.99. The molecular weight excluding hydrogens is 298 g/mol. The highest BCUT2D eigenvalue weighted by molar-refractivity contribution is 5.78. The summed E-state index contributed by atoms with van der Waals surface area (Å²) in [6.45, 7) is 10.3. The van der Waals surface area contributed by atoms with Gasteiger partial charge in [0, 0.05) is 0 Å². The predicted molar refractivity (Wildman–Crippen MR) is 98.5 cm³/mol. The van der Waals surface area contributed by atoms with Crippen LogP contribution >= 0.6 is 0 Å². The Morgan fingerprint density at radius 3 is 2.25 bits per heavy atom. The van der Waals surface area contributed by atoms with Crippen LogP contribution in [-0.2, 0) is 4.79 Å². The highest BCUT2D eigenvalue weighted by atomic mass is 16.5. The first-order valence-electron chi connectivity index (χ1n) is 8.46. The lowest BCUT2D eigenvalue weighted by Crippen LogP contribution is -2.32. The van der Waals surface area contributed by atoms with Gasteiger partial charge in [0.2, 0.25) is 0 Å². The molecule has 3 nitrogen and oxygen atoms in total. The highest BCUT2D eigenvalue weighted by Crippen LogP contribution is 2.22. The minimum absolute atomic E-state index is 0.0148. The van der Waals surface area contributed by atoms with E-state index < -0.39 is 0 Å².